The number of anilines is 2. The van der Waals surface area contributed by atoms with E-state index in [0.29, 0.717) is 34.6 Å². The number of hydrogen-bond donors (Lipinski definition) is 1. The Labute approximate surface area is 146 Å². The summed E-state index contributed by atoms with van der Waals surface area (Å²) >= 11 is 12.0. The van der Waals surface area contributed by atoms with Gasteiger partial charge in [0, 0.05) is 24.3 Å². The lowest BCUT2D eigenvalue weighted by Gasteiger charge is -2.18. The number of halogens is 2. The van der Waals surface area contributed by atoms with Crippen LogP contribution in [0, 0.1) is 0 Å². The number of benzene rings is 1. The second-order valence-corrected chi connectivity index (χ2v) is 7.50. The molecule has 0 saturated heterocycles. The van der Waals surface area contributed by atoms with Gasteiger partial charge in [-0.2, -0.15) is 4.31 Å². The van der Waals surface area contributed by atoms with E-state index < -0.39 is 10.0 Å². The number of nitrogens with one attached hydrogen (secondary N) is 1. The van der Waals surface area contributed by atoms with Gasteiger partial charge in [-0.1, -0.05) is 37.0 Å². The summed E-state index contributed by atoms with van der Waals surface area (Å²) in [6.07, 6.45) is 1.33. The molecule has 0 saturated carbocycles. The first kappa shape index (κ1) is 18.0. The van der Waals surface area contributed by atoms with Gasteiger partial charge in [0.25, 0.3) is 0 Å². The van der Waals surface area contributed by atoms with Crippen LogP contribution in [0.5, 0.6) is 0 Å². The van der Waals surface area contributed by atoms with Crippen LogP contribution in [0.15, 0.2) is 41.4 Å². The molecule has 5 nitrogen and oxygen atoms in total. The zero-order chi connectivity index (χ0) is 17.0. The maximum atomic E-state index is 12.4. The van der Waals surface area contributed by atoms with Crippen LogP contribution in [0.3, 0.4) is 0 Å². The molecular weight excluding hydrogens is 357 g/mol. The topological polar surface area (TPSA) is 62.3 Å². The van der Waals surface area contributed by atoms with Crippen molar-refractivity contribution >= 4 is 44.7 Å². The van der Waals surface area contributed by atoms with Crippen LogP contribution >= 0.6 is 23.2 Å². The summed E-state index contributed by atoms with van der Waals surface area (Å²) in [6, 6.07) is 8.13. The Morgan fingerprint density at radius 3 is 2.39 bits per heavy atom. The van der Waals surface area contributed by atoms with Crippen LogP contribution in [0.25, 0.3) is 0 Å². The number of sulfonamides is 1. The lowest BCUT2D eigenvalue weighted by Crippen LogP contribution is -2.30. The summed E-state index contributed by atoms with van der Waals surface area (Å²) in [5, 5.41) is 4.05. The summed E-state index contributed by atoms with van der Waals surface area (Å²) in [4.78, 5) is 4.30. The molecule has 0 amide bonds. The first-order valence-corrected chi connectivity index (χ1v) is 9.26. The Kier molecular flexibility index (Phi) is 5.86. The van der Waals surface area contributed by atoms with Crippen molar-refractivity contribution < 1.29 is 8.42 Å². The van der Waals surface area contributed by atoms with Gasteiger partial charge in [0.05, 0.1) is 10.7 Å². The summed E-state index contributed by atoms with van der Waals surface area (Å²) in [5.74, 6) is 0.479. The molecule has 0 aliphatic heterocycles. The van der Waals surface area contributed by atoms with Crippen LogP contribution in [-0.4, -0.2) is 30.8 Å². The molecule has 0 radical (unpaired) electrons. The zero-order valence-electron chi connectivity index (χ0n) is 12.8. The average molecular weight is 374 g/mol. The Morgan fingerprint density at radius 1 is 1.13 bits per heavy atom. The summed E-state index contributed by atoms with van der Waals surface area (Å²) in [6.45, 7) is 4.42. The smallest absolute Gasteiger partial charge is 0.244 e. The minimum absolute atomic E-state index is 0.156. The van der Waals surface area contributed by atoms with Crippen LogP contribution < -0.4 is 5.32 Å². The quantitative estimate of drug-likeness (QED) is 0.825. The van der Waals surface area contributed by atoms with Crippen LogP contribution in [-0.2, 0) is 10.0 Å². The molecule has 2 rings (SSSR count). The van der Waals surface area contributed by atoms with E-state index in [1.165, 1.54) is 16.6 Å². The molecule has 0 aliphatic carbocycles. The monoisotopic (exact) mass is 373 g/mol. The molecule has 0 spiro atoms. The number of pyridine rings is 1. The summed E-state index contributed by atoms with van der Waals surface area (Å²) in [7, 11) is -3.51. The number of hydrogen-bond acceptors (Lipinski definition) is 4. The fourth-order valence-corrected chi connectivity index (χ4v) is 3.79. The molecule has 23 heavy (non-hydrogen) atoms. The van der Waals surface area contributed by atoms with E-state index in [-0.39, 0.29) is 4.90 Å². The first-order chi connectivity index (χ1) is 10.9. The van der Waals surface area contributed by atoms with Gasteiger partial charge in [-0.05, 0) is 30.3 Å². The van der Waals surface area contributed by atoms with Gasteiger partial charge in [0.1, 0.15) is 10.7 Å². The minimum Gasteiger partial charge on any atom is -0.339 e. The van der Waals surface area contributed by atoms with E-state index in [9.17, 15) is 8.42 Å². The standard InChI is InChI=1S/C15H17Cl2N3O2S/c1-3-20(4-2)23(21,22)12-6-8-15(18-10-12)19-14-9-11(16)5-7-13(14)17/h5-10H,3-4H2,1-2H3,(H,18,19). The van der Waals surface area contributed by atoms with Crippen LogP contribution in [0.2, 0.25) is 10.0 Å². The van der Waals surface area contributed by atoms with Crippen molar-refractivity contribution in [3.05, 3.63) is 46.6 Å². The summed E-state index contributed by atoms with van der Waals surface area (Å²) < 4.78 is 26.2. The van der Waals surface area contributed by atoms with Crippen molar-refractivity contribution in [3.63, 3.8) is 0 Å². The Balaban J connectivity index is 2.24. The van der Waals surface area contributed by atoms with Gasteiger partial charge in [-0.3, -0.25) is 0 Å². The van der Waals surface area contributed by atoms with E-state index >= 15 is 0 Å². The Bertz CT molecular complexity index is 776. The van der Waals surface area contributed by atoms with Gasteiger partial charge in [-0.15, -0.1) is 0 Å². The summed E-state index contributed by atoms with van der Waals surface area (Å²) in [5.41, 5.74) is 0.603. The predicted molar refractivity (Wildman–Crippen MR) is 94.1 cm³/mol. The van der Waals surface area contributed by atoms with Gasteiger partial charge in [0.2, 0.25) is 10.0 Å². The highest BCUT2D eigenvalue weighted by atomic mass is 35.5. The molecule has 0 atom stereocenters. The fourth-order valence-electron chi connectivity index (χ4n) is 2.05. The normalized spacial score (nSPS) is 11.7. The number of aromatic nitrogens is 1. The highest BCUT2D eigenvalue weighted by molar-refractivity contribution is 7.89. The molecule has 124 valence electrons. The molecule has 0 bridgehead atoms. The molecule has 1 heterocycles. The molecule has 1 aromatic carbocycles. The lowest BCUT2D eigenvalue weighted by molar-refractivity contribution is 0.445. The largest absolute Gasteiger partial charge is 0.339 e. The second kappa shape index (κ2) is 7.49. The van der Waals surface area contributed by atoms with E-state index in [4.69, 9.17) is 23.2 Å². The fraction of sp³-hybridized carbons (Fsp3) is 0.267. The number of nitrogens with zero attached hydrogens (tertiary/aromatic N) is 2. The van der Waals surface area contributed by atoms with Crippen molar-refractivity contribution in [1.29, 1.82) is 0 Å². The highest BCUT2D eigenvalue weighted by Crippen LogP contribution is 2.28. The third kappa shape index (κ3) is 4.14. The molecule has 0 aliphatic rings. The van der Waals surface area contributed by atoms with Crippen molar-refractivity contribution in [3.8, 4) is 0 Å². The molecule has 8 heteroatoms. The lowest BCUT2D eigenvalue weighted by atomic mass is 10.3. The highest BCUT2D eigenvalue weighted by Gasteiger charge is 2.21. The van der Waals surface area contributed by atoms with Gasteiger partial charge in [-0.25, -0.2) is 13.4 Å². The van der Waals surface area contributed by atoms with E-state index in [1.807, 2.05) is 0 Å². The Hall–Kier alpha value is -1.34. The molecule has 1 aromatic heterocycles. The van der Waals surface area contributed by atoms with E-state index in [2.05, 4.69) is 10.3 Å². The van der Waals surface area contributed by atoms with Crippen molar-refractivity contribution in [2.75, 3.05) is 18.4 Å². The van der Waals surface area contributed by atoms with Gasteiger partial charge in [0.15, 0.2) is 0 Å². The SMILES string of the molecule is CCN(CC)S(=O)(=O)c1ccc(Nc2cc(Cl)ccc2Cl)nc1. The predicted octanol–water partition coefficient (Wildman–Crippen LogP) is 4.16. The van der Waals surface area contributed by atoms with E-state index in [0.717, 1.165) is 0 Å². The van der Waals surface area contributed by atoms with Crippen molar-refractivity contribution in [2.45, 2.75) is 18.7 Å². The average Bonchev–Trinajstić information content (AvgIpc) is 2.52. The van der Waals surface area contributed by atoms with E-state index in [1.54, 1.807) is 38.1 Å². The van der Waals surface area contributed by atoms with Crippen molar-refractivity contribution in [1.82, 2.24) is 9.29 Å². The molecule has 2 aromatic rings. The minimum atomic E-state index is -3.51. The zero-order valence-corrected chi connectivity index (χ0v) is 15.1. The third-order valence-corrected chi connectivity index (χ3v) is 5.87. The number of rotatable bonds is 6. The molecular formula is C15H17Cl2N3O2S. The molecule has 0 fully saturated rings. The van der Waals surface area contributed by atoms with Crippen LogP contribution in [0.1, 0.15) is 13.8 Å². The molecule has 1 N–H and O–H groups in total. The van der Waals surface area contributed by atoms with Gasteiger partial charge >= 0.3 is 0 Å². The Morgan fingerprint density at radius 2 is 1.83 bits per heavy atom. The first-order valence-electron chi connectivity index (χ1n) is 7.06. The molecule has 0 unspecified atom stereocenters. The maximum absolute atomic E-state index is 12.4. The maximum Gasteiger partial charge on any atom is 0.244 e. The third-order valence-electron chi connectivity index (χ3n) is 3.27. The van der Waals surface area contributed by atoms with Crippen LogP contribution in [0.4, 0.5) is 11.5 Å². The van der Waals surface area contributed by atoms with Gasteiger partial charge < -0.3 is 5.32 Å². The van der Waals surface area contributed by atoms with Crippen molar-refractivity contribution in [2.24, 2.45) is 0 Å². The second-order valence-electron chi connectivity index (χ2n) is 4.72.